The maximum Gasteiger partial charge on any atom is 0.326 e. The van der Waals surface area contributed by atoms with Crippen LogP contribution in [-0.4, -0.2) is 86.1 Å². The van der Waals surface area contributed by atoms with Gasteiger partial charge < -0.3 is 42.1 Å². The molecule has 0 saturated carbocycles. The van der Waals surface area contributed by atoms with E-state index in [9.17, 15) is 34.2 Å². The van der Waals surface area contributed by atoms with Gasteiger partial charge in [-0.15, -0.1) is 0 Å². The van der Waals surface area contributed by atoms with Gasteiger partial charge in [-0.3, -0.25) is 19.2 Å². The lowest BCUT2D eigenvalue weighted by atomic mass is 10.0. The summed E-state index contributed by atoms with van der Waals surface area (Å²) in [5.41, 5.74) is 6.14. The summed E-state index contributed by atoms with van der Waals surface area (Å²) in [7, 11) is 0. The van der Waals surface area contributed by atoms with Gasteiger partial charge in [0.15, 0.2) is 0 Å². The van der Waals surface area contributed by atoms with E-state index in [1.165, 1.54) is 31.2 Å². The van der Waals surface area contributed by atoms with Crippen LogP contribution in [0, 0.1) is 0 Å². The summed E-state index contributed by atoms with van der Waals surface area (Å²) >= 11 is 3.97. The summed E-state index contributed by atoms with van der Waals surface area (Å²) in [5.74, 6) is -6.01. The van der Waals surface area contributed by atoms with Crippen molar-refractivity contribution in [3.8, 4) is 5.75 Å². The van der Waals surface area contributed by atoms with E-state index in [4.69, 9.17) is 15.9 Å². The van der Waals surface area contributed by atoms with Gasteiger partial charge in [0.25, 0.3) is 0 Å². The number of aliphatic hydroxyl groups is 1. The van der Waals surface area contributed by atoms with Crippen LogP contribution >= 0.6 is 12.6 Å². The highest BCUT2D eigenvalue weighted by atomic mass is 32.1. The van der Waals surface area contributed by atoms with Crippen LogP contribution in [0.5, 0.6) is 5.75 Å². The highest BCUT2D eigenvalue weighted by Crippen LogP contribution is 2.12. The van der Waals surface area contributed by atoms with Crippen LogP contribution in [0.15, 0.2) is 24.3 Å². The Labute approximate surface area is 200 Å². The van der Waals surface area contributed by atoms with Gasteiger partial charge in [-0.25, -0.2) is 4.79 Å². The van der Waals surface area contributed by atoms with Gasteiger partial charge in [0.1, 0.15) is 29.9 Å². The van der Waals surface area contributed by atoms with Crippen molar-refractivity contribution in [2.24, 2.45) is 5.73 Å². The van der Waals surface area contributed by atoms with E-state index in [-0.39, 0.29) is 17.9 Å². The number of amides is 3. The first-order valence-corrected chi connectivity index (χ1v) is 10.7. The van der Waals surface area contributed by atoms with Crippen LogP contribution < -0.4 is 21.7 Å². The minimum absolute atomic E-state index is 0.0222. The van der Waals surface area contributed by atoms with E-state index in [0.717, 1.165) is 0 Å². The van der Waals surface area contributed by atoms with Crippen molar-refractivity contribution in [3.63, 3.8) is 0 Å². The fraction of sp³-hybridized carbons (Fsp3) is 0.450. The first kappa shape index (κ1) is 28.7. The van der Waals surface area contributed by atoms with Crippen LogP contribution in [0.2, 0.25) is 0 Å². The molecule has 34 heavy (non-hydrogen) atoms. The van der Waals surface area contributed by atoms with Gasteiger partial charge in [0.05, 0.1) is 12.5 Å². The molecule has 5 unspecified atom stereocenters. The molecule has 188 valence electrons. The van der Waals surface area contributed by atoms with Gasteiger partial charge in [-0.1, -0.05) is 12.1 Å². The number of phenolic OH excluding ortho intramolecular Hbond substituents is 1. The number of carbonyl (C=O) groups is 5. The molecule has 0 radical (unpaired) electrons. The van der Waals surface area contributed by atoms with E-state index < -0.39 is 66.4 Å². The fourth-order valence-corrected chi connectivity index (χ4v) is 2.93. The molecule has 0 saturated heterocycles. The van der Waals surface area contributed by atoms with Gasteiger partial charge >= 0.3 is 11.9 Å². The lowest BCUT2D eigenvalue weighted by Crippen LogP contribution is -2.59. The molecule has 1 aromatic rings. The first-order chi connectivity index (χ1) is 15.8. The number of nitrogens with two attached hydrogens (primary N) is 1. The summed E-state index contributed by atoms with van der Waals surface area (Å²) in [6.07, 6.45) is -2.18. The van der Waals surface area contributed by atoms with E-state index in [1.807, 2.05) is 5.32 Å². The molecule has 5 atom stereocenters. The summed E-state index contributed by atoms with van der Waals surface area (Å²) in [6, 6.07) is 0.0261. The second-order valence-electron chi connectivity index (χ2n) is 7.44. The highest BCUT2D eigenvalue weighted by Gasteiger charge is 2.31. The third-order valence-electron chi connectivity index (χ3n) is 4.64. The molecule has 9 N–H and O–H groups in total. The minimum atomic E-state index is -1.74. The Bertz CT molecular complexity index is 895. The Morgan fingerprint density at radius 3 is 1.88 bits per heavy atom. The van der Waals surface area contributed by atoms with E-state index in [2.05, 4.69) is 23.3 Å². The first-order valence-electron chi connectivity index (χ1n) is 10.0. The molecule has 13 nitrogen and oxygen atoms in total. The number of aliphatic hydroxyl groups excluding tert-OH is 1. The smallest absolute Gasteiger partial charge is 0.326 e. The van der Waals surface area contributed by atoms with Crippen molar-refractivity contribution >= 4 is 42.3 Å². The van der Waals surface area contributed by atoms with Crippen molar-refractivity contribution in [2.45, 2.75) is 50.0 Å². The molecular formula is C20H28N4O9S. The Kier molecular flexibility index (Phi) is 11.3. The summed E-state index contributed by atoms with van der Waals surface area (Å²) in [5, 5.41) is 43.6. The Hall–Kier alpha value is -3.36. The molecule has 0 aromatic heterocycles. The number of hydrogen-bond donors (Lipinski definition) is 9. The van der Waals surface area contributed by atoms with E-state index in [0.29, 0.717) is 5.56 Å². The summed E-state index contributed by atoms with van der Waals surface area (Å²) in [6.45, 7) is 1.29. The van der Waals surface area contributed by atoms with Crippen LogP contribution in [0.25, 0.3) is 0 Å². The second kappa shape index (κ2) is 13.4. The zero-order valence-corrected chi connectivity index (χ0v) is 19.1. The number of hydrogen-bond acceptors (Lipinski definition) is 9. The number of benzene rings is 1. The van der Waals surface area contributed by atoms with Crippen molar-refractivity contribution < 1.29 is 44.4 Å². The number of nitrogens with one attached hydrogen (secondary N) is 3. The highest BCUT2D eigenvalue weighted by molar-refractivity contribution is 7.80. The number of rotatable bonds is 13. The van der Waals surface area contributed by atoms with Crippen LogP contribution in [0.3, 0.4) is 0 Å². The normalized spacial score (nSPS) is 15.2. The summed E-state index contributed by atoms with van der Waals surface area (Å²) in [4.78, 5) is 59.7. The number of carboxylic acid groups (broad SMARTS) is 2. The van der Waals surface area contributed by atoms with E-state index in [1.54, 1.807) is 0 Å². The predicted molar refractivity (Wildman–Crippen MR) is 121 cm³/mol. The fourth-order valence-electron chi connectivity index (χ4n) is 2.68. The molecule has 0 fully saturated rings. The van der Waals surface area contributed by atoms with Crippen LogP contribution in [0.4, 0.5) is 0 Å². The number of phenols is 1. The lowest BCUT2D eigenvalue weighted by molar-refractivity contribution is -0.147. The number of aromatic hydroxyl groups is 1. The largest absolute Gasteiger partial charge is 0.508 e. The topological polar surface area (TPSA) is 228 Å². The summed E-state index contributed by atoms with van der Waals surface area (Å²) < 4.78 is 0. The maximum absolute atomic E-state index is 12.9. The van der Waals surface area contributed by atoms with Gasteiger partial charge in [0, 0.05) is 12.2 Å². The van der Waals surface area contributed by atoms with Crippen molar-refractivity contribution in [2.75, 3.05) is 5.75 Å². The van der Waals surface area contributed by atoms with Gasteiger partial charge in [-0.2, -0.15) is 12.6 Å². The molecule has 0 aliphatic carbocycles. The molecule has 0 aliphatic heterocycles. The zero-order chi connectivity index (χ0) is 26.0. The Balaban J connectivity index is 3.03. The lowest BCUT2D eigenvalue weighted by Gasteiger charge is -2.25. The second-order valence-corrected chi connectivity index (χ2v) is 7.80. The van der Waals surface area contributed by atoms with Crippen LogP contribution in [0.1, 0.15) is 18.9 Å². The maximum atomic E-state index is 12.9. The number of carbonyl (C=O) groups excluding carboxylic acids is 3. The predicted octanol–water partition coefficient (Wildman–Crippen LogP) is -2.41. The molecule has 0 bridgehead atoms. The molecular weight excluding hydrogens is 472 g/mol. The monoisotopic (exact) mass is 500 g/mol. The number of aliphatic carboxylic acids is 2. The molecule has 0 aliphatic rings. The zero-order valence-electron chi connectivity index (χ0n) is 18.2. The Morgan fingerprint density at radius 1 is 0.912 bits per heavy atom. The third-order valence-corrected chi connectivity index (χ3v) is 5.01. The molecule has 1 rings (SSSR count). The van der Waals surface area contributed by atoms with Gasteiger partial charge in [0.2, 0.25) is 17.7 Å². The molecule has 1 aromatic carbocycles. The average molecular weight is 501 g/mol. The molecule has 14 heteroatoms. The standard InChI is InChI=1S/C20H28N4O9S/c1-9(25)16(21)19(31)22-12(6-10-2-4-11(26)5-3-10)17(29)24-14(8-34)18(30)23-13(20(32)33)7-15(27)28/h2-5,9,12-14,16,25-26,34H,6-8,21H2,1H3,(H,22,31)(H,23,30)(H,24,29)(H,27,28)(H,32,33). The van der Waals surface area contributed by atoms with Crippen molar-refractivity contribution in [1.29, 1.82) is 0 Å². The number of thiol groups is 1. The average Bonchev–Trinajstić information content (AvgIpc) is 2.76. The van der Waals surface area contributed by atoms with Crippen molar-refractivity contribution in [3.05, 3.63) is 29.8 Å². The van der Waals surface area contributed by atoms with Gasteiger partial charge in [-0.05, 0) is 24.6 Å². The quantitative estimate of drug-likeness (QED) is 0.130. The minimum Gasteiger partial charge on any atom is -0.508 e. The van der Waals surface area contributed by atoms with Crippen molar-refractivity contribution in [1.82, 2.24) is 16.0 Å². The molecule has 0 spiro atoms. The third kappa shape index (κ3) is 9.25. The SMILES string of the molecule is CC(O)C(N)C(=O)NC(Cc1ccc(O)cc1)C(=O)NC(CS)C(=O)NC(CC(=O)O)C(=O)O. The number of carboxylic acids is 2. The van der Waals surface area contributed by atoms with E-state index >= 15 is 0 Å². The molecule has 3 amide bonds. The Morgan fingerprint density at radius 2 is 1.41 bits per heavy atom. The van der Waals surface area contributed by atoms with Crippen LogP contribution in [-0.2, 0) is 30.4 Å². The molecule has 0 heterocycles.